The Bertz CT molecular complexity index is 442. The minimum absolute atomic E-state index is 0.213. The Hall–Kier alpha value is -0.880. The SMILES string of the molecule is CC(CCNC(=O)c1cc(Br)cc(Br)c1)C(=O)O. The fourth-order valence-electron chi connectivity index (χ4n) is 1.31. The van der Waals surface area contributed by atoms with Gasteiger partial charge in [-0.3, -0.25) is 9.59 Å². The zero-order chi connectivity index (χ0) is 13.7. The summed E-state index contributed by atoms with van der Waals surface area (Å²) >= 11 is 6.61. The van der Waals surface area contributed by atoms with Crippen molar-refractivity contribution in [3.63, 3.8) is 0 Å². The van der Waals surface area contributed by atoms with Gasteiger partial charge < -0.3 is 10.4 Å². The number of halogens is 2. The highest BCUT2D eigenvalue weighted by molar-refractivity contribution is 9.11. The van der Waals surface area contributed by atoms with Gasteiger partial charge in [0.05, 0.1) is 5.92 Å². The Morgan fingerprint density at radius 1 is 1.28 bits per heavy atom. The molecule has 18 heavy (non-hydrogen) atoms. The topological polar surface area (TPSA) is 66.4 Å². The Kier molecular flexibility index (Phi) is 5.81. The molecule has 0 heterocycles. The van der Waals surface area contributed by atoms with Crippen LogP contribution in [0, 0.1) is 5.92 Å². The number of carbonyl (C=O) groups excluding carboxylic acids is 1. The van der Waals surface area contributed by atoms with E-state index in [0.717, 1.165) is 8.95 Å². The molecule has 0 radical (unpaired) electrons. The van der Waals surface area contributed by atoms with Crippen LogP contribution in [0.4, 0.5) is 0 Å². The summed E-state index contributed by atoms with van der Waals surface area (Å²) in [7, 11) is 0. The molecule has 4 nitrogen and oxygen atoms in total. The third kappa shape index (κ3) is 4.78. The van der Waals surface area contributed by atoms with Crippen molar-refractivity contribution in [2.75, 3.05) is 6.54 Å². The number of carbonyl (C=O) groups is 2. The van der Waals surface area contributed by atoms with Crippen molar-refractivity contribution in [1.82, 2.24) is 5.32 Å². The molecule has 98 valence electrons. The van der Waals surface area contributed by atoms with Gasteiger partial charge in [0.15, 0.2) is 0 Å². The maximum absolute atomic E-state index is 11.8. The zero-order valence-electron chi connectivity index (χ0n) is 9.74. The van der Waals surface area contributed by atoms with Gasteiger partial charge in [-0.2, -0.15) is 0 Å². The quantitative estimate of drug-likeness (QED) is 0.827. The van der Waals surface area contributed by atoms with Gasteiger partial charge >= 0.3 is 5.97 Å². The molecule has 0 aliphatic carbocycles. The third-order valence-electron chi connectivity index (χ3n) is 2.41. The molecule has 0 aromatic heterocycles. The van der Waals surface area contributed by atoms with Crippen molar-refractivity contribution < 1.29 is 14.7 Å². The average Bonchev–Trinajstić information content (AvgIpc) is 2.27. The monoisotopic (exact) mass is 377 g/mol. The third-order valence-corrected chi connectivity index (χ3v) is 3.32. The second kappa shape index (κ2) is 6.89. The van der Waals surface area contributed by atoms with Crippen molar-refractivity contribution in [3.05, 3.63) is 32.7 Å². The molecule has 1 rings (SSSR count). The van der Waals surface area contributed by atoms with Crippen molar-refractivity contribution in [3.8, 4) is 0 Å². The minimum Gasteiger partial charge on any atom is -0.481 e. The molecule has 0 aliphatic heterocycles. The Balaban J connectivity index is 2.53. The van der Waals surface area contributed by atoms with E-state index in [9.17, 15) is 9.59 Å². The van der Waals surface area contributed by atoms with Crippen LogP contribution in [-0.2, 0) is 4.79 Å². The van der Waals surface area contributed by atoms with Gasteiger partial charge in [-0.25, -0.2) is 0 Å². The number of carboxylic acid groups (broad SMARTS) is 1. The second-order valence-electron chi connectivity index (χ2n) is 3.94. The fraction of sp³-hybridized carbons (Fsp3) is 0.333. The number of carboxylic acids is 1. The van der Waals surface area contributed by atoms with E-state index in [1.54, 1.807) is 19.1 Å². The molecule has 2 N–H and O–H groups in total. The minimum atomic E-state index is -0.852. The van der Waals surface area contributed by atoms with Crippen LogP contribution in [-0.4, -0.2) is 23.5 Å². The molecule has 0 saturated carbocycles. The lowest BCUT2D eigenvalue weighted by molar-refractivity contribution is -0.141. The lowest BCUT2D eigenvalue weighted by atomic mass is 10.1. The van der Waals surface area contributed by atoms with Gasteiger partial charge in [0.2, 0.25) is 0 Å². The summed E-state index contributed by atoms with van der Waals surface area (Å²) in [6, 6.07) is 5.25. The van der Waals surface area contributed by atoms with Crippen LogP contribution in [0.2, 0.25) is 0 Å². The lowest BCUT2D eigenvalue weighted by Crippen LogP contribution is -2.27. The predicted molar refractivity (Wildman–Crippen MR) is 75.6 cm³/mol. The molecule has 1 aromatic rings. The number of nitrogens with one attached hydrogen (secondary N) is 1. The molecule has 6 heteroatoms. The predicted octanol–water partition coefficient (Wildman–Crippen LogP) is 3.05. The van der Waals surface area contributed by atoms with E-state index >= 15 is 0 Å². The molecule has 0 bridgehead atoms. The summed E-state index contributed by atoms with van der Waals surface area (Å²) in [4.78, 5) is 22.4. The summed E-state index contributed by atoms with van der Waals surface area (Å²) in [5.74, 6) is -1.52. The number of hydrogen-bond acceptors (Lipinski definition) is 2. The number of rotatable bonds is 5. The smallest absolute Gasteiger partial charge is 0.306 e. The molecular formula is C12H13Br2NO3. The highest BCUT2D eigenvalue weighted by atomic mass is 79.9. The van der Waals surface area contributed by atoms with Gasteiger partial charge in [0.25, 0.3) is 5.91 Å². The standard InChI is InChI=1S/C12H13Br2NO3/c1-7(12(17)18)2-3-15-11(16)8-4-9(13)6-10(14)5-8/h4-7H,2-3H2,1H3,(H,15,16)(H,17,18). The van der Waals surface area contributed by atoms with Crippen LogP contribution in [0.5, 0.6) is 0 Å². The lowest BCUT2D eigenvalue weighted by Gasteiger charge is -2.08. The maximum Gasteiger partial charge on any atom is 0.306 e. The van der Waals surface area contributed by atoms with E-state index in [-0.39, 0.29) is 5.91 Å². The first-order chi connectivity index (χ1) is 8.40. The first kappa shape index (κ1) is 15.2. The second-order valence-corrected chi connectivity index (χ2v) is 5.77. The van der Waals surface area contributed by atoms with Crippen molar-refractivity contribution in [2.45, 2.75) is 13.3 Å². The van der Waals surface area contributed by atoms with Crippen LogP contribution in [0.1, 0.15) is 23.7 Å². The Labute approximate surface area is 122 Å². The van der Waals surface area contributed by atoms with Crippen LogP contribution >= 0.6 is 31.9 Å². The molecule has 1 aromatic carbocycles. The van der Waals surface area contributed by atoms with Gasteiger partial charge in [-0.1, -0.05) is 38.8 Å². The van der Waals surface area contributed by atoms with Gasteiger partial charge in [0.1, 0.15) is 0 Å². The van der Waals surface area contributed by atoms with Crippen molar-refractivity contribution >= 4 is 43.7 Å². The summed E-state index contributed by atoms with van der Waals surface area (Å²) in [6.45, 7) is 1.96. The van der Waals surface area contributed by atoms with Gasteiger partial charge in [0, 0.05) is 21.1 Å². The molecular weight excluding hydrogens is 366 g/mol. The zero-order valence-corrected chi connectivity index (χ0v) is 12.9. The summed E-state index contributed by atoms with van der Waals surface area (Å²) in [6.07, 6.45) is 0.413. The van der Waals surface area contributed by atoms with Crippen molar-refractivity contribution in [1.29, 1.82) is 0 Å². The molecule has 0 spiro atoms. The summed E-state index contributed by atoms with van der Waals surface area (Å²) in [5, 5.41) is 11.4. The van der Waals surface area contributed by atoms with Crippen LogP contribution < -0.4 is 5.32 Å². The number of hydrogen-bond donors (Lipinski definition) is 2. The molecule has 0 fully saturated rings. The Morgan fingerprint density at radius 3 is 2.33 bits per heavy atom. The summed E-state index contributed by atoms with van der Waals surface area (Å²) < 4.78 is 1.61. The maximum atomic E-state index is 11.8. The molecule has 1 unspecified atom stereocenters. The highest BCUT2D eigenvalue weighted by Crippen LogP contribution is 2.20. The largest absolute Gasteiger partial charge is 0.481 e. The van der Waals surface area contributed by atoms with Crippen LogP contribution in [0.15, 0.2) is 27.1 Å². The van der Waals surface area contributed by atoms with E-state index < -0.39 is 11.9 Å². The fourth-order valence-corrected chi connectivity index (χ4v) is 2.61. The summed E-state index contributed by atoms with van der Waals surface area (Å²) in [5.41, 5.74) is 0.527. The van der Waals surface area contributed by atoms with E-state index in [0.29, 0.717) is 18.5 Å². The Morgan fingerprint density at radius 2 is 1.83 bits per heavy atom. The van der Waals surface area contributed by atoms with Crippen LogP contribution in [0.3, 0.4) is 0 Å². The normalized spacial score (nSPS) is 11.9. The van der Waals surface area contributed by atoms with Crippen molar-refractivity contribution in [2.24, 2.45) is 5.92 Å². The van der Waals surface area contributed by atoms with Gasteiger partial charge in [-0.15, -0.1) is 0 Å². The highest BCUT2D eigenvalue weighted by Gasteiger charge is 2.12. The first-order valence-corrected chi connectivity index (χ1v) is 6.96. The molecule has 1 atom stereocenters. The number of benzene rings is 1. The number of aliphatic carboxylic acids is 1. The first-order valence-electron chi connectivity index (χ1n) is 5.37. The van der Waals surface area contributed by atoms with E-state index in [2.05, 4.69) is 37.2 Å². The molecule has 0 saturated heterocycles. The number of amides is 1. The van der Waals surface area contributed by atoms with Gasteiger partial charge in [-0.05, 0) is 24.6 Å². The van der Waals surface area contributed by atoms with E-state index in [1.807, 2.05) is 6.07 Å². The van der Waals surface area contributed by atoms with E-state index in [4.69, 9.17) is 5.11 Å². The van der Waals surface area contributed by atoms with Crippen LogP contribution in [0.25, 0.3) is 0 Å². The average molecular weight is 379 g/mol. The molecule has 1 amide bonds. The molecule has 0 aliphatic rings. The van der Waals surface area contributed by atoms with E-state index in [1.165, 1.54) is 0 Å².